The lowest BCUT2D eigenvalue weighted by Gasteiger charge is -2.14. The van der Waals surface area contributed by atoms with Crippen LogP contribution in [0.3, 0.4) is 0 Å². The molecule has 0 spiro atoms. The normalized spacial score (nSPS) is 10.3. The molecule has 0 unspecified atom stereocenters. The van der Waals surface area contributed by atoms with E-state index < -0.39 is 5.97 Å². The van der Waals surface area contributed by atoms with Crippen molar-refractivity contribution >= 4 is 62.2 Å². The first-order chi connectivity index (χ1) is 9.92. The second-order valence-electron chi connectivity index (χ2n) is 4.17. The molecule has 0 amide bonds. The highest BCUT2D eigenvalue weighted by atomic mass is 79.9. The fourth-order valence-corrected chi connectivity index (χ4v) is 2.52. The largest absolute Gasteiger partial charge is 0.465 e. The maximum absolute atomic E-state index is 11.8. The van der Waals surface area contributed by atoms with Crippen LogP contribution in [0.25, 0.3) is 0 Å². The minimum atomic E-state index is -0.528. The van der Waals surface area contributed by atoms with Crippen LogP contribution in [-0.4, -0.2) is 13.1 Å². The zero-order valence-corrected chi connectivity index (χ0v) is 14.0. The van der Waals surface area contributed by atoms with Gasteiger partial charge in [-0.05, 0) is 46.3 Å². The van der Waals surface area contributed by atoms with Crippen LogP contribution in [0.5, 0.6) is 0 Å². The lowest BCUT2D eigenvalue weighted by molar-refractivity contribution is 0.0602. The van der Waals surface area contributed by atoms with Gasteiger partial charge in [0.2, 0.25) is 0 Å². The Morgan fingerprint density at radius 1 is 1.24 bits per heavy atom. The molecule has 0 bridgehead atoms. The molecule has 0 saturated heterocycles. The Bertz CT molecular complexity index is 708. The molecule has 21 heavy (non-hydrogen) atoms. The van der Waals surface area contributed by atoms with Crippen LogP contribution in [0, 0.1) is 0 Å². The van der Waals surface area contributed by atoms with Crippen LogP contribution in [0.2, 0.25) is 10.0 Å². The van der Waals surface area contributed by atoms with Crippen molar-refractivity contribution in [1.82, 2.24) is 0 Å². The van der Waals surface area contributed by atoms with E-state index in [4.69, 9.17) is 33.7 Å². The van der Waals surface area contributed by atoms with Crippen molar-refractivity contribution in [1.29, 1.82) is 0 Å². The molecular weight excluding hydrogens is 379 g/mol. The number of hydrogen-bond acceptors (Lipinski definition) is 4. The highest BCUT2D eigenvalue weighted by molar-refractivity contribution is 9.10. The average molecular weight is 390 g/mol. The van der Waals surface area contributed by atoms with Gasteiger partial charge in [0.05, 0.1) is 28.4 Å². The van der Waals surface area contributed by atoms with Crippen molar-refractivity contribution in [3.05, 3.63) is 50.4 Å². The average Bonchev–Trinajstić information content (AvgIpc) is 2.44. The predicted octanol–water partition coefficient (Wildman–Crippen LogP) is 4.87. The van der Waals surface area contributed by atoms with E-state index in [1.54, 1.807) is 24.3 Å². The van der Waals surface area contributed by atoms with E-state index in [9.17, 15) is 4.79 Å². The first-order valence-corrected chi connectivity index (χ1v) is 7.36. The van der Waals surface area contributed by atoms with Crippen LogP contribution in [0.15, 0.2) is 34.8 Å². The van der Waals surface area contributed by atoms with E-state index in [2.05, 4.69) is 21.2 Å². The second-order valence-corrected chi connectivity index (χ2v) is 5.84. The number of methoxy groups -OCH3 is 1. The van der Waals surface area contributed by atoms with Crippen molar-refractivity contribution in [2.75, 3.05) is 18.2 Å². The number of hydrogen-bond donors (Lipinski definition) is 2. The third-order valence-electron chi connectivity index (χ3n) is 2.71. The standard InChI is InChI=1S/C14H11BrCl2N2O2/c1-21-14(20)9-4-7(18)5-12(17)13(9)19-8-2-3-11(16)10(15)6-8/h2-6,19H,18H2,1H3. The van der Waals surface area contributed by atoms with Gasteiger partial charge in [-0.15, -0.1) is 0 Å². The number of nitrogens with one attached hydrogen (secondary N) is 1. The molecule has 3 N–H and O–H groups in total. The topological polar surface area (TPSA) is 64.3 Å². The van der Waals surface area contributed by atoms with Crippen LogP contribution >= 0.6 is 39.1 Å². The molecule has 0 radical (unpaired) electrons. The lowest BCUT2D eigenvalue weighted by Crippen LogP contribution is -2.07. The van der Waals surface area contributed by atoms with Crippen molar-refractivity contribution < 1.29 is 9.53 Å². The monoisotopic (exact) mass is 388 g/mol. The Morgan fingerprint density at radius 3 is 2.57 bits per heavy atom. The zero-order chi connectivity index (χ0) is 15.6. The highest BCUT2D eigenvalue weighted by Crippen LogP contribution is 2.34. The summed E-state index contributed by atoms with van der Waals surface area (Å²) in [4.78, 5) is 11.8. The van der Waals surface area contributed by atoms with Crippen molar-refractivity contribution in [3.8, 4) is 0 Å². The van der Waals surface area contributed by atoms with E-state index >= 15 is 0 Å². The molecule has 110 valence electrons. The number of nitrogen functional groups attached to an aromatic ring is 1. The highest BCUT2D eigenvalue weighted by Gasteiger charge is 2.16. The molecule has 2 aromatic carbocycles. The van der Waals surface area contributed by atoms with Gasteiger partial charge in [0.1, 0.15) is 0 Å². The molecule has 7 heteroatoms. The van der Waals surface area contributed by atoms with E-state index in [0.717, 1.165) is 4.47 Å². The first kappa shape index (κ1) is 15.9. The number of benzene rings is 2. The first-order valence-electron chi connectivity index (χ1n) is 5.81. The summed E-state index contributed by atoms with van der Waals surface area (Å²) in [5.74, 6) is -0.528. The SMILES string of the molecule is COC(=O)c1cc(N)cc(Cl)c1Nc1ccc(Cl)c(Br)c1. The number of ether oxygens (including phenoxy) is 1. The van der Waals surface area contributed by atoms with Gasteiger partial charge < -0.3 is 15.8 Å². The summed E-state index contributed by atoms with van der Waals surface area (Å²) in [7, 11) is 1.29. The van der Waals surface area contributed by atoms with Crippen LogP contribution in [-0.2, 0) is 4.74 Å². The molecular formula is C14H11BrCl2N2O2. The number of carbonyl (C=O) groups is 1. The summed E-state index contributed by atoms with van der Waals surface area (Å²) in [6, 6.07) is 8.32. The van der Waals surface area contributed by atoms with Gasteiger partial charge in [0.15, 0.2) is 0 Å². The summed E-state index contributed by atoms with van der Waals surface area (Å²) in [6.45, 7) is 0. The third-order valence-corrected chi connectivity index (χ3v) is 4.22. The van der Waals surface area contributed by atoms with E-state index in [1.807, 2.05) is 0 Å². The molecule has 0 saturated carbocycles. The number of rotatable bonds is 3. The Kier molecular flexibility index (Phi) is 4.98. The minimum absolute atomic E-state index is 0.258. The predicted molar refractivity (Wildman–Crippen MR) is 89.6 cm³/mol. The Labute approximate surface area is 140 Å². The van der Waals surface area contributed by atoms with Gasteiger partial charge in [-0.1, -0.05) is 23.2 Å². The van der Waals surface area contributed by atoms with Gasteiger partial charge in [0, 0.05) is 15.8 Å². The summed E-state index contributed by atoms with van der Waals surface area (Å²) < 4.78 is 5.47. The molecule has 0 heterocycles. The van der Waals surface area contributed by atoms with Crippen molar-refractivity contribution in [3.63, 3.8) is 0 Å². The van der Waals surface area contributed by atoms with Gasteiger partial charge in [0.25, 0.3) is 0 Å². The van der Waals surface area contributed by atoms with Crippen LogP contribution in [0.4, 0.5) is 17.1 Å². The summed E-state index contributed by atoms with van der Waals surface area (Å²) in [5.41, 5.74) is 7.48. The van der Waals surface area contributed by atoms with Crippen LogP contribution < -0.4 is 11.1 Å². The smallest absolute Gasteiger partial charge is 0.340 e. The number of halogens is 3. The van der Waals surface area contributed by atoms with E-state index in [1.165, 1.54) is 13.2 Å². The van der Waals surface area contributed by atoms with Gasteiger partial charge >= 0.3 is 5.97 Å². The molecule has 2 rings (SSSR count). The minimum Gasteiger partial charge on any atom is -0.465 e. The second kappa shape index (κ2) is 6.56. The zero-order valence-electron chi connectivity index (χ0n) is 10.9. The number of esters is 1. The molecule has 0 aromatic heterocycles. The molecule has 0 aliphatic carbocycles. The molecule has 4 nitrogen and oxygen atoms in total. The summed E-state index contributed by atoms with van der Waals surface area (Å²) >= 11 is 15.5. The van der Waals surface area contributed by atoms with Gasteiger partial charge in [-0.3, -0.25) is 0 Å². The van der Waals surface area contributed by atoms with Crippen LogP contribution in [0.1, 0.15) is 10.4 Å². The number of anilines is 3. The van der Waals surface area contributed by atoms with Crippen molar-refractivity contribution in [2.45, 2.75) is 0 Å². The maximum atomic E-state index is 11.8. The number of carbonyl (C=O) groups excluding carboxylic acids is 1. The quantitative estimate of drug-likeness (QED) is 0.580. The molecule has 0 atom stereocenters. The Hall–Kier alpha value is -1.43. The van der Waals surface area contributed by atoms with Gasteiger partial charge in [-0.2, -0.15) is 0 Å². The summed E-state index contributed by atoms with van der Waals surface area (Å²) in [5, 5.41) is 3.98. The number of nitrogens with two attached hydrogens (primary N) is 1. The molecule has 2 aromatic rings. The third kappa shape index (κ3) is 3.61. The fourth-order valence-electron chi connectivity index (χ4n) is 1.74. The maximum Gasteiger partial charge on any atom is 0.340 e. The van der Waals surface area contributed by atoms with E-state index in [0.29, 0.717) is 27.1 Å². The fraction of sp³-hybridized carbons (Fsp3) is 0.0714. The Morgan fingerprint density at radius 2 is 1.95 bits per heavy atom. The lowest BCUT2D eigenvalue weighted by atomic mass is 10.1. The van der Waals surface area contributed by atoms with Gasteiger partial charge in [-0.25, -0.2) is 4.79 Å². The molecule has 0 fully saturated rings. The Balaban J connectivity index is 2.47. The molecule has 0 aliphatic heterocycles. The van der Waals surface area contributed by atoms with E-state index in [-0.39, 0.29) is 5.56 Å². The molecule has 0 aliphatic rings. The van der Waals surface area contributed by atoms with Crippen molar-refractivity contribution in [2.24, 2.45) is 0 Å². The summed E-state index contributed by atoms with van der Waals surface area (Å²) in [6.07, 6.45) is 0.